The molecule has 1 aliphatic rings. The van der Waals surface area contributed by atoms with Gasteiger partial charge >= 0.3 is 5.63 Å². The Morgan fingerprint density at radius 1 is 1.16 bits per heavy atom. The molecule has 1 saturated heterocycles. The smallest absolute Gasteiger partial charge is 0.340 e. The zero-order chi connectivity index (χ0) is 22.4. The van der Waals surface area contributed by atoms with Crippen LogP contribution in [0.15, 0.2) is 50.5 Å². The summed E-state index contributed by atoms with van der Waals surface area (Å²) in [6, 6.07) is 5.91. The largest absolute Gasteiger partial charge is 0.464 e. The Labute approximate surface area is 185 Å². The highest BCUT2D eigenvalue weighted by atomic mass is 16.4. The lowest BCUT2D eigenvalue weighted by Gasteiger charge is -2.36. The van der Waals surface area contributed by atoms with Crippen LogP contribution >= 0.6 is 0 Å². The molecule has 5 rings (SSSR count). The number of carbonyl (C=O) groups is 1. The number of aryl methyl sites for hydroxylation is 3. The average Bonchev–Trinajstić information content (AvgIpc) is 3.19. The fourth-order valence-corrected chi connectivity index (χ4v) is 4.93. The second-order valence-electron chi connectivity index (χ2n) is 8.73. The first-order chi connectivity index (χ1) is 15.5. The van der Waals surface area contributed by atoms with Crippen molar-refractivity contribution >= 4 is 27.8 Å². The molecule has 1 atom stereocenters. The van der Waals surface area contributed by atoms with Gasteiger partial charge in [0.15, 0.2) is 0 Å². The van der Waals surface area contributed by atoms with Crippen LogP contribution in [-0.2, 0) is 11.2 Å². The van der Waals surface area contributed by atoms with Crippen molar-refractivity contribution in [3.8, 4) is 0 Å². The van der Waals surface area contributed by atoms with Crippen molar-refractivity contribution in [1.82, 2.24) is 9.88 Å². The summed E-state index contributed by atoms with van der Waals surface area (Å²) in [4.78, 5) is 32.5. The second kappa shape index (κ2) is 7.93. The van der Waals surface area contributed by atoms with E-state index in [0.717, 1.165) is 57.9 Å². The van der Waals surface area contributed by atoms with Gasteiger partial charge in [0.05, 0.1) is 24.3 Å². The molecule has 4 aromatic rings. The molecule has 4 heterocycles. The van der Waals surface area contributed by atoms with E-state index in [-0.39, 0.29) is 18.4 Å². The number of benzene rings is 1. The third-order valence-corrected chi connectivity index (χ3v) is 6.76. The van der Waals surface area contributed by atoms with Crippen LogP contribution in [0.25, 0.3) is 21.9 Å². The Bertz CT molecular complexity index is 1380. The second-order valence-corrected chi connectivity index (χ2v) is 8.73. The van der Waals surface area contributed by atoms with Crippen LogP contribution in [0.3, 0.4) is 0 Å². The van der Waals surface area contributed by atoms with Crippen molar-refractivity contribution in [2.45, 2.75) is 52.5 Å². The monoisotopic (exact) mass is 430 g/mol. The Kier molecular flexibility index (Phi) is 5.08. The van der Waals surface area contributed by atoms with Gasteiger partial charge in [0, 0.05) is 35.3 Å². The lowest BCUT2D eigenvalue weighted by molar-refractivity contribution is -0.134. The summed E-state index contributed by atoms with van der Waals surface area (Å²) in [5.41, 5.74) is 4.89. The van der Waals surface area contributed by atoms with Gasteiger partial charge in [0.25, 0.3) is 0 Å². The summed E-state index contributed by atoms with van der Waals surface area (Å²) < 4.78 is 11.4. The SMILES string of the molecule is Cc1coc2c(C)c3oc(=O)c(CC(=O)N4CCCC[C@@H]4c4cccnc4)c(C)c3cc12. The highest BCUT2D eigenvalue weighted by Gasteiger charge is 2.29. The lowest BCUT2D eigenvalue weighted by atomic mass is 9.94. The van der Waals surface area contributed by atoms with Crippen LogP contribution in [0, 0.1) is 20.8 Å². The highest BCUT2D eigenvalue weighted by Crippen LogP contribution is 2.34. The van der Waals surface area contributed by atoms with Gasteiger partial charge in [0.1, 0.15) is 11.2 Å². The normalized spacial score (nSPS) is 16.7. The number of aromatic nitrogens is 1. The van der Waals surface area contributed by atoms with Gasteiger partial charge in [-0.2, -0.15) is 0 Å². The van der Waals surface area contributed by atoms with Crippen molar-refractivity contribution in [2.24, 2.45) is 0 Å². The standard InChI is InChI=1S/C26H26N2O4/c1-15-14-31-24-17(3)25-20(11-19(15)24)16(2)21(26(30)32-25)12-23(29)28-10-5-4-8-22(28)18-7-6-9-27-13-18/h6-7,9,11,13-14,22H,4-5,8,10,12H2,1-3H3/t22-/m1/s1. The molecule has 1 aromatic carbocycles. The summed E-state index contributed by atoms with van der Waals surface area (Å²) >= 11 is 0. The Morgan fingerprint density at radius 2 is 2.00 bits per heavy atom. The minimum atomic E-state index is -0.455. The van der Waals surface area contributed by atoms with E-state index in [9.17, 15) is 9.59 Å². The zero-order valence-corrected chi connectivity index (χ0v) is 18.6. The molecule has 0 saturated carbocycles. The quantitative estimate of drug-likeness (QED) is 0.420. The minimum Gasteiger partial charge on any atom is -0.464 e. The molecular weight excluding hydrogens is 404 g/mol. The maximum Gasteiger partial charge on any atom is 0.340 e. The molecule has 1 amide bonds. The van der Waals surface area contributed by atoms with Gasteiger partial charge in [-0.15, -0.1) is 0 Å². The summed E-state index contributed by atoms with van der Waals surface area (Å²) in [7, 11) is 0. The van der Waals surface area contributed by atoms with Crippen LogP contribution in [0.2, 0.25) is 0 Å². The van der Waals surface area contributed by atoms with Crippen LogP contribution in [-0.4, -0.2) is 22.3 Å². The Morgan fingerprint density at radius 3 is 2.78 bits per heavy atom. The molecule has 0 bridgehead atoms. The Balaban J connectivity index is 1.54. The van der Waals surface area contributed by atoms with Crippen molar-refractivity contribution in [1.29, 1.82) is 0 Å². The molecule has 6 heteroatoms. The number of piperidine rings is 1. The number of carbonyl (C=O) groups excluding carboxylic acids is 1. The molecule has 6 nitrogen and oxygen atoms in total. The third-order valence-electron chi connectivity index (χ3n) is 6.76. The molecule has 3 aromatic heterocycles. The zero-order valence-electron chi connectivity index (χ0n) is 18.6. The van der Waals surface area contributed by atoms with Crippen molar-refractivity contribution in [2.75, 3.05) is 6.54 Å². The summed E-state index contributed by atoms with van der Waals surface area (Å²) in [6.45, 7) is 6.47. The molecule has 0 spiro atoms. The molecule has 164 valence electrons. The molecule has 0 aliphatic carbocycles. The molecule has 0 radical (unpaired) electrons. The van der Waals surface area contributed by atoms with Gasteiger partial charge in [-0.3, -0.25) is 9.78 Å². The van der Waals surface area contributed by atoms with Gasteiger partial charge in [-0.25, -0.2) is 4.79 Å². The van der Waals surface area contributed by atoms with Crippen LogP contribution in [0.5, 0.6) is 0 Å². The van der Waals surface area contributed by atoms with E-state index in [1.807, 2.05) is 50.1 Å². The predicted octanol–water partition coefficient (Wildman–Crippen LogP) is 5.16. The van der Waals surface area contributed by atoms with E-state index in [1.54, 1.807) is 12.5 Å². The van der Waals surface area contributed by atoms with Crippen LogP contribution in [0.1, 0.15) is 53.1 Å². The third kappa shape index (κ3) is 3.30. The predicted molar refractivity (Wildman–Crippen MR) is 123 cm³/mol. The number of pyridine rings is 1. The molecule has 0 unspecified atom stereocenters. The number of nitrogens with zero attached hydrogens (tertiary/aromatic N) is 2. The number of hydrogen-bond donors (Lipinski definition) is 0. The van der Waals surface area contributed by atoms with Crippen molar-refractivity contribution in [3.63, 3.8) is 0 Å². The van der Waals surface area contributed by atoms with Gasteiger partial charge < -0.3 is 13.7 Å². The van der Waals surface area contributed by atoms with Gasteiger partial charge in [-0.05, 0) is 68.9 Å². The number of likely N-dealkylation sites (tertiary alicyclic amines) is 1. The lowest BCUT2D eigenvalue weighted by Crippen LogP contribution is -2.40. The van der Waals surface area contributed by atoms with Crippen molar-refractivity contribution in [3.05, 3.63) is 75.1 Å². The molecule has 0 N–H and O–H groups in total. The number of fused-ring (bicyclic) bond motifs is 2. The number of furan rings is 1. The van der Waals surface area contributed by atoms with E-state index in [4.69, 9.17) is 8.83 Å². The molecule has 1 aliphatic heterocycles. The van der Waals surface area contributed by atoms with Crippen LogP contribution in [0.4, 0.5) is 0 Å². The minimum absolute atomic E-state index is 0.00629. The van der Waals surface area contributed by atoms with Crippen LogP contribution < -0.4 is 5.63 Å². The fraction of sp³-hybridized carbons (Fsp3) is 0.346. The summed E-state index contributed by atoms with van der Waals surface area (Å²) in [6.07, 6.45) is 8.24. The summed E-state index contributed by atoms with van der Waals surface area (Å²) in [5.74, 6) is -0.0504. The maximum atomic E-state index is 13.4. The molecule has 32 heavy (non-hydrogen) atoms. The first kappa shape index (κ1) is 20.5. The highest BCUT2D eigenvalue weighted by molar-refractivity contribution is 6.00. The Hall–Kier alpha value is -3.41. The van der Waals surface area contributed by atoms with E-state index < -0.39 is 5.63 Å². The van der Waals surface area contributed by atoms with E-state index in [2.05, 4.69) is 4.98 Å². The first-order valence-electron chi connectivity index (χ1n) is 11.1. The molecule has 1 fully saturated rings. The topological polar surface area (TPSA) is 76.6 Å². The first-order valence-corrected chi connectivity index (χ1v) is 11.1. The molecular formula is C26H26N2O4. The van der Waals surface area contributed by atoms with E-state index >= 15 is 0 Å². The van der Waals surface area contributed by atoms with Crippen molar-refractivity contribution < 1.29 is 13.6 Å². The van der Waals surface area contributed by atoms with Gasteiger partial charge in [0.2, 0.25) is 5.91 Å². The van der Waals surface area contributed by atoms with E-state index in [1.165, 1.54) is 0 Å². The van der Waals surface area contributed by atoms with E-state index in [0.29, 0.717) is 17.7 Å². The van der Waals surface area contributed by atoms with Gasteiger partial charge in [-0.1, -0.05) is 6.07 Å². The maximum absolute atomic E-state index is 13.4. The fourth-order valence-electron chi connectivity index (χ4n) is 4.93. The number of hydrogen-bond acceptors (Lipinski definition) is 5. The number of rotatable bonds is 3. The number of amides is 1. The average molecular weight is 431 g/mol. The summed E-state index contributed by atoms with van der Waals surface area (Å²) in [5, 5.41) is 1.85.